The van der Waals surface area contributed by atoms with Crippen LogP contribution in [0.5, 0.6) is 6.01 Å². The maximum Gasteiger partial charge on any atom is 0.321 e. The summed E-state index contributed by atoms with van der Waals surface area (Å²) < 4.78 is 17.8. The molecule has 1 unspecified atom stereocenters. The molecule has 9 heteroatoms. The van der Waals surface area contributed by atoms with Crippen LogP contribution in [0.1, 0.15) is 11.6 Å². The minimum absolute atomic E-state index is 0.0767. The second-order valence-corrected chi connectivity index (χ2v) is 4.41. The number of rotatable bonds is 5. The van der Waals surface area contributed by atoms with Gasteiger partial charge in [-0.1, -0.05) is 12.1 Å². The molecule has 2 aromatic rings. The first-order valence-electron chi connectivity index (χ1n) is 6.49. The summed E-state index contributed by atoms with van der Waals surface area (Å²) in [6.07, 6.45) is 1.40. The molecule has 0 aliphatic rings. The number of carbonyl (C=O) groups excluding carboxylic acids is 2. The number of hydrogen-bond acceptors (Lipinski definition) is 5. The summed E-state index contributed by atoms with van der Waals surface area (Å²) >= 11 is 0. The number of carbonyl (C=O) groups is 2. The van der Waals surface area contributed by atoms with Crippen molar-refractivity contribution in [1.82, 2.24) is 15.3 Å². The molecule has 1 aromatic carbocycles. The molecule has 0 saturated heterocycles. The van der Waals surface area contributed by atoms with Crippen molar-refractivity contribution in [2.75, 3.05) is 12.4 Å². The number of nitrogens with one attached hydrogen (secondary N) is 2. The zero-order valence-corrected chi connectivity index (χ0v) is 12.1. The number of aromatic nitrogens is 2. The highest BCUT2D eigenvalue weighted by Gasteiger charge is 2.20. The van der Waals surface area contributed by atoms with Crippen molar-refractivity contribution >= 4 is 17.8 Å². The van der Waals surface area contributed by atoms with E-state index in [0.717, 1.165) is 0 Å². The van der Waals surface area contributed by atoms with E-state index in [2.05, 4.69) is 20.6 Å². The lowest BCUT2D eigenvalue weighted by Gasteiger charge is -2.16. The standard InChI is InChI=1S/C14H14FN5O3/c1-23-14-17-7-6-10(19-14)18-13(22)20-11(12(16)21)8-2-4-9(15)5-3-8/h2-7,11H,1H3,(H2,16,21)(H2,17,18,19,20,22). The maximum absolute atomic E-state index is 12.9. The summed E-state index contributed by atoms with van der Waals surface area (Å²) in [5, 5.41) is 4.81. The van der Waals surface area contributed by atoms with Gasteiger partial charge in [0.15, 0.2) is 0 Å². The summed E-state index contributed by atoms with van der Waals surface area (Å²) in [6.45, 7) is 0. The predicted molar refractivity (Wildman–Crippen MR) is 79.1 cm³/mol. The van der Waals surface area contributed by atoms with E-state index in [1.165, 1.54) is 43.6 Å². The molecule has 1 aromatic heterocycles. The highest BCUT2D eigenvalue weighted by Crippen LogP contribution is 2.14. The second-order valence-electron chi connectivity index (χ2n) is 4.41. The molecule has 23 heavy (non-hydrogen) atoms. The van der Waals surface area contributed by atoms with Crippen LogP contribution in [0, 0.1) is 5.82 Å². The number of primary amides is 1. The summed E-state index contributed by atoms with van der Waals surface area (Å²) in [6, 6.07) is 4.75. The molecule has 0 bridgehead atoms. The van der Waals surface area contributed by atoms with Crippen molar-refractivity contribution in [3.8, 4) is 6.01 Å². The molecule has 0 spiro atoms. The van der Waals surface area contributed by atoms with Gasteiger partial charge in [0.1, 0.15) is 17.7 Å². The minimum atomic E-state index is -1.11. The monoisotopic (exact) mass is 319 g/mol. The number of benzene rings is 1. The van der Waals surface area contributed by atoms with E-state index in [9.17, 15) is 14.0 Å². The molecule has 0 aliphatic heterocycles. The summed E-state index contributed by atoms with van der Waals surface area (Å²) in [7, 11) is 1.39. The van der Waals surface area contributed by atoms with Crippen molar-refractivity contribution < 1.29 is 18.7 Å². The Hall–Kier alpha value is -3.23. The van der Waals surface area contributed by atoms with Gasteiger partial charge in [-0.2, -0.15) is 4.98 Å². The van der Waals surface area contributed by atoms with Crippen LogP contribution in [0.25, 0.3) is 0 Å². The number of nitrogens with zero attached hydrogens (tertiary/aromatic N) is 2. The van der Waals surface area contributed by atoms with Gasteiger partial charge in [0.2, 0.25) is 5.91 Å². The van der Waals surface area contributed by atoms with Crippen molar-refractivity contribution in [1.29, 1.82) is 0 Å². The smallest absolute Gasteiger partial charge is 0.321 e. The lowest BCUT2D eigenvalue weighted by molar-refractivity contribution is -0.119. The largest absolute Gasteiger partial charge is 0.467 e. The Morgan fingerprint density at radius 2 is 1.96 bits per heavy atom. The number of anilines is 1. The zero-order chi connectivity index (χ0) is 16.8. The summed E-state index contributed by atoms with van der Waals surface area (Å²) in [5.74, 6) is -1.07. The van der Waals surface area contributed by atoms with Gasteiger partial charge < -0.3 is 15.8 Å². The molecule has 120 valence electrons. The normalized spacial score (nSPS) is 11.4. The maximum atomic E-state index is 12.9. The quantitative estimate of drug-likeness (QED) is 0.758. The Morgan fingerprint density at radius 3 is 2.57 bits per heavy atom. The predicted octanol–water partition coefficient (Wildman–Crippen LogP) is 0.972. The molecule has 1 heterocycles. The van der Waals surface area contributed by atoms with Crippen LogP contribution in [0.15, 0.2) is 36.5 Å². The van der Waals surface area contributed by atoms with E-state index >= 15 is 0 Å². The van der Waals surface area contributed by atoms with Gasteiger partial charge in [0, 0.05) is 6.20 Å². The van der Waals surface area contributed by atoms with Gasteiger partial charge in [-0.15, -0.1) is 0 Å². The van der Waals surface area contributed by atoms with Gasteiger partial charge in [-0.3, -0.25) is 10.1 Å². The van der Waals surface area contributed by atoms with Crippen molar-refractivity contribution in [3.63, 3.8) is 0 Å². The van der Waals surface area contributed by atoms with Gasteiger partial charge >= 0.3 is 12.0 Å². The van der Waals surface area contributed by atoms with Crippen LogP contribution in [0.2, 0.25) is 0 Å². The molecule has 3 amide bonds. The van der Waals surface area contributed by atoms with Crippen LogP contribution < -0.4 is 21.1 Å². The molecule has 0 fully saturated rings. The molecular formula is C14H14FN5O3. The van der Waals surface area contributed by atoms with E-state index < -0.39 is 23.8 Å². The Labute approximate surface area is 130 Å². The molecule has 0 saturated carbocycles. The highest BCUT2D eigenvalue weighted by molar-refractivity contribution is 5.93. The van der Waals surface area contributed by atoms with Gasteiger partial charge in [-0.05, 0) is 23.8 Å². The van der Waals surface area contributed by atoms with Crippen LogP contribution in [0.3, 0.4) is 0 Å². The average Bonchev–Trinajstić information content (AvgIpc) is 2.53. The summed E-state index contributed by atoms with van der Waals surface area (Å²) in [4.78, 5) is 31.2. The fourth-order valence-electron chi connectivity index (χ4n) is 1.77. The van der Waals surface area contributed by atoms with E-state index in [0.29, 0.717) is 5.56 Å². The van der Waals surface area contributed by atoms with Crippen LogP contribution in [-0.4, -0.2) is 29.0 Å². The van der Waals surface area contributed by atoms with E-state index in [-0.39, 0.29) is 11.8 Å². The van der Waals surface area contributed by atoms with Gasteiger partial charge in [0.05, 0.1) is 7.11 Å². The third-order valence-electron chi connectivity index (χ3n) is 2.82. The first-order valence-corrected chi connectivity index (χ1v) is 6.49. The first kappa shape index (κ1) is 16.1. The first-order chi connectivity index (χ1) is 11.0. The highest BCUT2D eigenvalue weighted by atomic mass is 19.1. The van der Waals surface area contributed by atoms with E-state index in [1.54, 1.807) is 0 Å². The van der Waals surface area contributed by atoms with E-state index in [1.807, 2.05) is 0 Å². The molecule has 0 aliphatic carbocycles. The molecule has 8 nitrogen and oxygen atoms in total. The number of amides is 3. The fourth-order valence-corrected chi connectivity index (χ4v) is 1.77. The lowest BCUT2D eigenvalue weighted by atomic mass is 10.1. The van der Waals surface area contributed by atoms with Gasteiger partial charge in [0.25, 0.3) is 0 Å². The van der Waals surface area contributed by atoms with E-state index in [4.69, 9.17) is 10.5 Å². The number of halogens is 1. The van der Waals surface area contributed by atoms with Crippen molar-refractivity contribution in [2.45, 2.75) is 6.04 Å². The average molecular weight is 319 g/mol. The van der Waals surface area contributed by atoms with Crippen LogP contribution in [-0.2, 0) is 4.79 Å². The molecule has 4 N–H and O–H groups in total. The third kappa shape index (κ3) is 4.37. The molecule has 0 radical (unpaired) electrons. The Kier molecular flexibility index (Phi) is 5.03. The number of nitrogens with two attached hydrogens (primary N) is 1. The van der Waals surface area contributed by atoms with Crippen LogP contribution >= 0.6 is 0 Å². The molecule has 2 rings (SSSR count). The SMILES string of the molecule is COc1nccc(NC(=O)NC(C(N)=O)c2ccc(F)cc2)n1. The fraction of sp³-hybridized carbons (Fsp3) is 0.143. The topological polar surface area (TPSA) is 119 Å². The zero-order valence-electron chi connectivity index (χ0n) is 12.1. The second kappa shape index (κ2) is 7.16. The Balaban J connectivity index is 2.09. The van der Waals surface area contributed by atoms with Crippen molar-refractivity contribution in [3.05, 3.63) is 47.9 Å². The molecular weight excluding hydrogens is 305 g/mol. The Morgan fingerprint density at radius 1 is 1.26 bits per heavy atom. The number of urea groups is 1. The van der Waals surface area contributed by atoms with Crippen molar-refractivity contribution in [2.24, 2.45) is 5.73 Å². The number of methoxy groups -OCH3 is 1. The van der Waals surface area contributed by atoms with Gasteiger partial charge in [-0.25, -0.2) is 14.2 Å². The van der Waals surface area contributed by atoms with Crippen LogP contribution in [0.4, 0.5) is 15.0 Å². The summed E-state index contributed by atoms with van der Waals surface area (Å²) in [5.41, 5.74) is 5.63. The Bertz CT molecular complexity index is 708. The lowest BCUT2D eigenvalue weighted by Crippen LogP contribution is -2.39. The molecule has 1 atom stereocenters. The number of hydrogen-bond donors (Lipinski definition) is 3. The number of ether oxygens (including phenoxy) is 1. The minimum Gasteiger partial charge on any atom is -0.467 e. The third-order valence-corrected chi connectivity index (χ3v) is 2.82.